The highest BCUT2D eigenvalue weighted by molar-refractivity contribution is 7.13. The molecule has 25 heavy (non-hydrogen) atoms. The van der Waals surface area contributed by atoms with Crippen LogP contribution in [0.25, 0.3) is 0 Å². The van der Waals surface area contributed by atoms with Crippen LogP contribution < -0.4 is 10.1 Å². The van der Waals surface area contributed by atoms with Crippen LogP contribution in [0, 0.1) is 6.92 Å². The summed E-state index contributed by atoms with van der Waals surface area (Å²) in [5, 5.41) is 4.02. The van der Waals surface area contributed by atoms with Gasteiger partial charge in [0.05, 0.1) is 23.9 Å². The predicted molar refractivity (Wildman–Crippen MR) is 101 cm³/mol. The summed E-state index contributed by atoms with van der Waals surface area (Å²) in [7, 11) is 3.28. The molecular formula is C19H26N2O3S. The minimum Gasteiger partial charge on any atom is -0.497 e. The van der Waals surface area contributed by atoms with Gasteiger partial charge in [0.2, 0.25) is 0 Å². The average Bonchev–Trinajstić information content (AvgIpc) is 2.98. The van der Waals surface area contributed by atoms with Gasteiger partial charge in [0.25, 0.3) is 5.91 Å². The van der Waals surface area contributed by atoms with Crippen molar-refractivity contribution in [3.05, 3.63) is 45.4 Å². The third-order valence-corrected chi connectivity index (χ3v) is 5.48. The van der Waals surface area contributed by atoms with Crippen molar-refractivity contribution in [3.8, 4) is 5.75 Å². The Kier molecular flexibility index (Phi) is 6.56. The Hall–Kier alpha value is -1.92. The molecule has 0 fully saturated rings. The van der Waals surface area contributed by atoms with Crippen molar-refractivity contribution in [3.63, 3.8) is 0 Å². The number of aryl methyl sites for hydroxylation is 1. The number of carbonyl (C=O) groups is 1. The van der Waals surface area contributed by atoms with E-state index >= 15 is 0 Å². The zero-order valence-electron chi connectivity index (χ0n) is 15.6. The number of benzene rings is 1. The minimum atomic E-state index is -0.243. The van der Waals surface area contributed by atoms with Crippen molar-refractivity contribution in [1.29, 1.82) is 0 Å². The zero-order valence-corrected chi connectivity index (χ0v) is 16.4. The molecule has 1 aromatic heterocycles. The number of methoxy groups -OCH3 is 2. The van der Waals surface area contributed by atoms with Crippen molar-refractivity contribution < 1.29 is 14.3 Å². The number of amides is 1. The quantitative estimate of drug-likeness (QED) is 0.806. The first-order valence-corrected chi connectivity index (χ1v) is 9.14. The van der Waals surface area contributed by atoms with Gasteiger partial charge in [-0.05, 0) is 31.5 Å². The van der Waals surface area contributed by atoms with Crippen molar-refractivity contribution >= 4 is 17.2 Å². The van der Waals surface area contributed by atoms with Gasteiger partial charge in [-0.25, -0.2) is 4.98 Å². The number of hydrogen-bond acceptors (Lipinski definition) is 5. The standard InChI is InChI=1S/C19H26N2O3S/c1-11(2)19-21-13(4)17(25-19)18(22)20-12(3)16(24-6)14-7-9-15(23-5)10-8-14/h7-12,16H,1-6H3,(H,20,22)/t12-,16+/m0/s1. The summed E-state index contributed by atoms with van der Waals surface area (Å²) >= 11 is 1.46. The van der Waals surface area contributed by atoms with Gasteiger partial charge in [0.1, 0.15) is 16.7 Å². The Labute approximate surface area is 153 Å². The SMILES string of the molecule is COc1ccc([C@H](OC)[C@H](C)NC(=O)c2sc(C(C)C)nc2C)cc1. The van der Waals surface area contributed by atoms with E-state index in [0.29, 0.717) is 10.8 Å². The molecule has 1 N–H and O–H groups in total. The molecule has 0 aliphatic carbocycles. The van der Waals surface area contributed by atoms with Gasteiger partial charge >= 0.3 is 0 Å². The first-order chi connectivity index (χ1) is 11.9. The molecule has 0 saturated heterocycles. The second-order valence-corrected chi connectivity index (χ2v) is 7.34. The van der Waals surface area contributed by atoms with Crippen molar-refractivity contribution in [2.24, 2.45) is 0 Å². The van der Waals surface area contributed by atoms with E-state index in [0.717, 1.165) is 22.0 Å². The maximum Gasteiger partial charge on any atom is 0.263 e. The predicted octanol–water partition coefficient (Wildman–Crippen LogP) is 4.09. The molecule has 5 nitrogen and oxygen atoms in total. The summed E-state index contributed by atoms with van der Waals surface area (Å²) in [6.45, 7) is 7.97. The Morgan fingerprint density at radius 3 is 2.28 bits per heavy atom. The number of nitrogens with zero attached hydrogens (tertiary/aromatic N) is 1. The van der Waals surface area contributed by atoms with E-state index in [1.807, 2.05) is 38.1 Å². The highest BCUT2D eigenvalue weighted by Crippen LogP contribution is 2.26. The molecule has 0 unspecified atom stereocenters. The lowest BCUT2D eigenvalue weighted by atomic mass is 10.0. The molecule has 0 saturated carbocycles. The number of hydrogen-bond donors (Lipinski definition) is 1. The molecular weight excluding hydrogens is 336 g/mol. The molecule has 0 aliphatic rings. The van der Waals surface area contributed by atoms with Crippen LogP contribution in [-0.2, 0) is 4.74 Å². The zero-order chi connectivity index (χ0) is 18.6. The lowest BCUT2D eigenvalue weighted by Crippen LogP contribution is -2.37. The second-order valence-electron chi connectivity index (χ2n) is 6.31. The fourth-order valence-corrected chi connectivity index (χ4v) is 3.62. The number of nitrogens with one attached hydrogen (secondary N) is 1. The van der Waals surface area contributed by atoms with Crippen LogP contribution in [0.4, 0.5) is 0 Å². The largest absolute Gasteiger partial charge is 0.497 e. The number of carbonyl (C=O) groups excluding carboxylic acids is 1. The molecule has 1 amide bonds. The molecule has 2 atom stereocenters. The molecule has 0 aliphatic heterocycles. The van der Waals surface area contributed by atoms with Crippen LogP contribution >= 0.6 is 11.3 Å². The van der Waals surface area contributed by atoms with E-state index < -0.39 is 0 Å². The number of rotatable bonds is 7. The fourth-order valence-electron chi connectivity index (χ4n) is 2.65. The minimum absolute atomic E-state index is 0.107. The molecule has 2 aromatic rings. The van der Waals surface area contributed by atoms with Gasteiger partial charge in [-0.2, -0.15) is 0 Å². The monoisotopic (exact) mass is 362 g/mol. The molecule has 0 spiro atoms. The van der Waals surface area contributed by atoms with Crippen LogP contribution in [0.2, 0.25) is 0 Å². The molecule has 1 heterocycles. The third kappa shape index (κ3) is 4.58. The van der Waals surface area contributed by atoms with Crippen LogP contribution in [0.1, 0.15) is 58.7 Å². The molecule has 6 heteroatoms. The maximum atomic E-state index is 12.6. The smallest absolute Gasteiger partial charge is 0.263 e. The molecule has 2 rings (SSSR count). The Balaban J connectivity index is 2.12. The first-order valence-electron chi connectivity index (χ1n) is 8.32. The van der Waals surface area contributed by atoms with Gasteiger partial charge in [-0.1, -0.05) is 26.0 Å². The number of thiazole rings is 1. The Morgan fingerprint density at radius 1 is 1.16 bits per heavy atom. The van der Waals surface area contributed by atoms with Gasteiger partial charge in [-0.3, -0.25) is 4.79 Å². The van der Waals surface area contributed by atoms with E-state index in [1.54, 1.807) is 14.2 Å². The van der Waals surface area contributed by atoms with Crippen LogP contribution in [0.3, 0.4) is 0 Å². The third-order valence-electron chi connectivity index (χ3n) is 4.02. The van der Waals surface area contributed by atoms with Gasteiger partial charge in [0.15, 0.2) is 0 Å². The summed E-state index contributed by atoms with van der Waals surface area (Å²) in [6, 6.07) is 7.49. The van der Waals surface area contributed by atoms with Gasteiger partial charge in [0, 0.05) is 13.0 Å². The number of aromatic nitrogens is 1. The summed E-state index contributed by atoms with van der Waals surface area (Å²) < 4.78 is 10.8. The van der Waals surface area contributed by atoms with E-state index in [4.69, 9.17) is 9.47 Å². The maximum absolute atomic E-state index is 12.6. The fraction of sp³-hybridized carbons (Fsp3) is 0.474. The molecule has 1 aromatic carbocycles. The van der Waals surface area contributed by atoms with Crippen molar-refractivity contribution in [1.82, 2.24) is 10.3 Å². The highest BCUT2D eigenvalue weighted by Gasteiger charge is 2.24. The van der Waals surface area contributed by atoms with Crippen molar-refractivity contribution in [2.45, 2.75) is 45.8 Å². The first kappa shape index (κ1) is 19.4. The summed E-state index contributed by atoms with van der Waals surface area (Å²) in [5.41, 5.74) is 1.76. The number of ether oxygens (including phenoxy) is 2. The molecule has 0 radical (unpaired) electrons. The Morgan fingerprint density at radius 2 is 1.80 bits per heavy atom. The average molecular weight is 362 g/mol. The summed E-state index contributed by atoms with van der Waals surface area (Å²) in [4.78, 5) is 17.8. The topological polar surface area (TPSA) is 60.5 Å². The van der Waals surface area contributed by atoms with Gasteiger partial charge in [-0.15, -0.1) is 11.3 Å². The van der Waals surface area contributed by atoms with Gasteiger partial charge < -0.3 is 14.8 Å². The second kappa shape index (κ2) is 8.45. The van der Waals surface area contributed by atoms with E-state index in [-0.39, 0.29) is 18.1 Å². The van der Waals surface area contributed by atoms with Crippen LogP contribution in [-0.4, -0.2) is 31.2 Å². The lowest BCUT2D eigenvalue weighted by Gasteiger charge is -2.24. The van der Waals surface area contributed by atoms with Crippen LogP contribution in [0.15, 0.2) is 24.3 Å². The van der Waals surface area contributed by atoms with E-state index in [9.17, 15) is 4.79 Å². The molecule has 0 bridgehead atoms. The highest BCUT2D eigenvalue weighted by atomic mass is 32.1. The van der Waals surface area contributed by atoms with Crippen LogP contribution in [0.5, 0.6) is 5.75 Å². The lowest BCUT2D eigenvalue weighted by molar-refractivity contribution is 0.0646. The summed E-state index contributed by atoms with van der Waals surface area (Å²) in [6.07, 6.45) is -0.243. The van der Waals surface area contributed by atoms with E-state index in [1.165, 1.54) is 11.3 Å². The van der Waals surface area contributed by atoms with Crippen molar-refractivity contribution in [2.75, 3.05) is 14.2 Å². The summed E-state index contributed by atoms with van der Waals surface area (Å²) in [5.74, 6) is 0.996. The Bertz CT molecular complexity index is 710. The molecule has 136 valence electrons. The normalized spacial score (nSPS) is 13.6. The van der Waals surface area contributed by atoms with E-state index in [2.05, 4.69) is 24.1 Å².